The van der Waals surface area contributed by atoms with Crippen LogP contribution in [0, 0.1) is 0 Å². The molecular weight excluding hydrogens is 188 g/mol. The van der Waals surface area contributed by atoms with Crippen molar-refractivity contribution in [3.05, 3.63) is 0 Å². The Bertz CT molecular complexity index is 195. The van der Waals surface area contributed by atoms with Gasteiger partial charge >= 0.3 is 6.03 Å². The van der Waals surface area contributed by atoms with Gasteiger partial charge in [-0.05, 0) is 6.42 Å². The number of hydrogen-bond acceptors (Lipinski definition) is 2. The first-order valence-electron chi connectivity index (χ1n) is 4.22. The first-order valence-corrected chi connectivity index (χ1v) is 5.84. The van der Waals surface area contributed by atoms with E-state index in [1.807, 2.05) is 6.92 Å². The first-order chi connectivity index (χ1) is 5.95. The van der Waals surface area contributed by atoms with Gasteiger partial charge in [-0.1, -0.05) is 6.92 Å². The van der Waals surface area contributed by atoms with Crippen molar-refractivity contribution in [2.75, 3.05) is 26.9 Å². The Kier molecular flexibility index (Phi) is 5.70. The van der Waals surface area contributed by atoms with E-state index in [4.69, 9.17) is 0 Å². The third-order valence-corrected chi connectivity index (χ3v) is 3.17. The van der Waals surface area contributed by atoms with Crippen LogP contribution >= 0.6 is 0 Å². The Labute approximate surface area is 82.1 Å². The molecule has 2 amide bonds. The van der Waals surface area contributed by atoms with E-state index in [0.29, 0.717) is 6.54 Å². The zero-order valence-electron chi connectivity index (χ0n) is 8.66. The van der Waals surface area contributed by atoms with E-state index in [1.54, 1.807) is 20.4 Å². The average molecular weight is 206 g/mol. The standard InChI is InChI=1S/C8H18N2O2S/c1-7(13(4)12)5-6-9-8(11)10(2)3/h7H,5-6H2,1-4H3,(H,9,11). The van der Waals surface area contributed by atoms with Gasteiger partial charge < -0.3 is 10.2 Å². The minimum Gasteiger partial charge on any atom is -0.338 e. The molecule has 0 aliphatic rings. The Morgan fingerprint density at radius 3 is 2.46 bits per heavy atom. The summed E-state index contributed by atoms with van der Waals surface area (Å²) in [5.41, 5.74) is 0. The van der Waals surface area contributed by atoms with Crippen LogP contribution in [-0.4, -0.2) is 47.3 Å². The van der Waals surface area contributed by atoms with E-state index in [0.717, 1.165) is 6.42 Å². The lowest BCUT2D eigenvalue weighted by Gasteiger charge is -2.13. The Morgan fingerprint density at radius 2 is 2.08 bits per heavy atom. The van der Waals surface area contributed by atoms with Gasteiger partial charge in [0.05, 0.1) is 0 Å². The van der Waals surface area contributed by atoms with Crippen molar-refractivity contribution in [1.29, 1.82) is 0 Å². The molecule has 0 saturated heterocycles. The highest BCUT2D eigenvalue weighted by molar-refractivity contribution is 7.84. The molecule has 0 spiro atoms. The van der Waals surface area contributed by atoms with Crippen molar-refractivity contribution in [3.63, 3.8) is 0 Å². The molecule has 0 aliphatic heterocycles. The van der Waals surface area contributed by atoms with Gasteiger partial charge in [0.1, 0.15) is 0 Å². The van der Waals surface area contributed by atoms with Crippen molar-refractivity contribution < 1.29 is 9.00 Å². The van der Waals surface area contributed by atoms with Crippen LogP contribution < -0.4 is 5.32 Å². The summed E-state index contributed by atoms with van der Waals surface area (Å²) < 4.78 is 10.9. The summed E-state index contributed by atoms with van der Waals surface area (Å²) in [6, 6.07) is -0.103. The number of nitrogens with zero attached hydrogens (tertiary/aromatic N) is 1. The lowest BCUT2D eigenvalue weighted by Crippen LogP contribution is -2.36. The number of carbonyl (C=O) groups excluding carboxylic acids is 1. The minimum absolute atomic E-state index is 0.103. The highest BCUT2D eigenvalue weighted by Gasteiger charge is 2.07. The SMILES string of the molecule is CC(CCNC(=O)N(C)C)S(C)=O. The maximum Gasteiger partial charge on any atom is 0.316 e. The number of amides is 2. The molecule has 4 nitrogen and oxygen atoms in total. The van der Waals surface area contributed by atoms with E-state index in [-0.39, 0.29) is 11.3 Å². The Balaban J connectivity index is 3.56. The highest BCUT2D eigenvalue weighted by atomic mass is 32.2. The zero-order valence-corrected chi connectivity index (χ0v) is 9.48. The van der Waals surface area contributed by atoms with Crippen LogP contribution in [0.1, 0.15) is 13.3 Å². The lowest BCUT2D eigenvalue weighted by atomic mass is 10.3. The molecule has 0 aliphatic carbocycles. The smallest absolute Gasteiger partial charge is 0.316 e. The Hall–Kier alpha value is -0.580. The van der Waals surface area contributed by atoms with Crippen LogP contribution in [-0.2, 0) is 10.8 Å². The normalized spacial score (nSPS) is 14.8. The van der Waals surface area contributed by atoms with E-state index in [9.17, 15) is 9.00 Å². The third kappa shape index (κ3) is 5.63. The van der Waals surface area contributed by atoms with Crippen LogP contribution in [0.15, 0.2) is 0 Å². The molecule has 0 rings (SSSR count). The van der Waals surface area contributed by atoms with Crippen molar-refractivity contribution in [2.45, 2.75) is 18.6 Å². The molecule has 78 valence electrons. The summed E-state index contributed by atoms with van der Waals surface area (Å²) in [6.07, 6.45) is 2.43. The summed E-state index contributed by atoms with van der Waals surface area (Å²) in [5.74, 6) is 0. The molecule has 5 heteroatoms. The van der Waals surface area contributed by atoms with Crippen molar-refractivity contribution in [1.82, 2.24) is 10.2 Å². The molecule has 2 atom stereocenters. The van der Waals surface area contributed by atoms with Gasteiger partial charge in [0, 0.05) is 42.9 Å². The zero-order chi connectivity index (χ0) is 10.4. The van der Waals surface area contributed by atoms with E-state index < -0.39 is 10.8 Å². The third-order valence-electron chi connectivity index (χ3n) is 1.80. The molecule has 0 fully saturated rings. The van der Waals surface area contributed by atoms with Crippen LogP contribution in [0.5, 0.6) is 0 Å². The van der Waals surface area contributed by atoms with E-state index in [1.165, 1.54) is 4.90 Å². The molecule has 0 heterocycles. The van der Waals surface area contributed by atoms with Crippen LogP contribution in [0.4, 0.5) is 4.79 Å². The van der Waals surface area contributed by atoms with Crippen molar-refractivity contribution >= 4 is 16.8 Å². The number of carbonyl (C=O) groups is 1. The van der Waals surface area contributed by atoms with Gasteiger partial charge in [-0.2, -0.15) is 0 Å². The number of nitrogens with one attached hydrogen (secondary N) is 1. The number of urea groups is 1. The predicted molar refractivity (Wildman–Crippen MR) is 55.2 cm³/mol. The summed E-state index contributed by atoms with van der Waals surface area (Å²) in [4.78, 5) is 12.5. The van der Waals surface area contributed by atoms with Crippen LogP contribution in [0.2, 0.25) is 0 Å². The molecule has 0 bridgehead atoms. The van der Waals surface area contributed by atoms with Gasteiger partial charge in [0.25, 0.3) is 0 Å². The molecule has 0 aromatic carbocycles. The molecule has 0 aromatic rings. The second-order valence-electron chi connectivity index (χ2n) is 3.22. The fraction of sp³-hybridized carbons (Fsp3) is 0.875. The second-order valence-corrected chi connectivity index (χ2v) is 5.03. The van der Waals surface area contributed by atoms with Crippen LogP contribution in [0.25, 0.3) is 0 Å². The Morgan fingerprint density at radius 1 is 1.54 bits per heavy atom. The van der Waals surface area contributed by atoms with E-state index in [2.05, 4.69) is 5.32 Å². The molecule has 0 radical (unpaired) electrons. The average Bonchev–Trinajstić information content (AvgIpc) is 2.03. The molecule has 1 N–H and O–H groups in total. The molecule has 2 unspecified atom stereocenters. The summed E-state index contributed by atoms with van der Waals surface area (Å²) >= 11 is 0. The maximum atomic E-state index is 11.0. The monoisotopic (exact) mass is 206 g/mol. The van der Waals surface area contributed by atoms with Gasteiger partial charge in [-0.25, -0.2) is 4.79 Å². The van der Waals surface area contributed by atoms with Gasteiger partial charge in [0.15, 0.2) is 0 Å². The number of hydrogen-bond donors (Lipinski definition) is 1. The fourth-order valence-electron chi connectivity index (χ4n) is 0.706. The van der Waals surface area contributed by atoms with Gasteiger partial charge in [-0.15, -0.1) is 0 Å². The maximum absolute atomic E-state index is 11.0. The van der Waals surface area contributed by atoms with E-state index >= 15 is 0 Å². The molecule has 0 aromatic heterocycles. The predicted octanol–water partition coefficient (Wildman–Crippen LogP) is 0.415. The first kappa shape index (κ1) is 12.4. The summed E-state index contributed by atoms with van der Waals surface area (Å²) in [6.45, 7) is 2.50. The largest absolute Gasteiger partial charge is 0.338 e. The minimum atomic E-state index is -0.801. The van der Waals surface area contributed by atoms with Crippen molar-refractivity contribution in [3.8, 4) is 0 Å². The number of rotatable bonds is 4. The molecular formula is C8H18N2O2S. The van der Waals surface area contributed by atoms with Crippen molar-refractivity contribution in [2.24, 2.45) is 0 Å². The topological polar surface area (TPSA) is 49.4 Å². The molecule has 0 saturated carbocycles. The lowest BCUT2D eigenvalue weighted by molar-refractivity contribution is 0.217. The highest BCUT2D eigenvalue weighted by Crippen LogP contribution is 1.97. The summed E-state index contributed by atoms with van der Waals surface area (Å²) in [5, 5.41) is 2.86. The second kappa shape index (κ2) is 5.96. The fourth-order valence-corrected chi connectivity index (χ4v) is 1.16. The van der Waals surface area contributed by atoms with Gasteiger partial charge in [-0.3, -0.25) is 4.21 Å². The quantitative estimate of drug-likeness (QED) is 0.724. The summed E-state index contributed by atoms with van der Waals surface area (Å²) in [7, 11) is 2.58. The van der Waals surface area contributed by atoms with Crippen LogP contribution in [0.3, 0.4) is 0 Å². The molecule has 13 heavy (non-hydrogen) atoms. The van der Waals surface area contributed by atoms with Gasteiger partial charge in [0.2, 0.25) is 0 Å².